The third-order valence-corrected chi connectivity index (χ3v) is 7.44. The molecule has 0 radical (unpaired) electrons. The zero-order valence-electron chi connectivity index (χ0n) is 17.6. The summed E-state index contributed by atoms with van der Waals surface area (Å²) in [6.07, 6.45) is 4.08. The highest BCUT2D eigenvalue weighted by Crippen LogP contribution is 2.60. The zero-order chi connectivity index (χ0) is 23.4. The number of esters is 1. The van der Waals surface area contributed by atoms with Crippen molar-refractivity contribution in [3.05, 3.63) is 36.4 Å². The summed E-state index contributed by atoms with van der Waals surface area (Å²) in [7, 11) is -6.17. The Kier molecular flexibility index (Phi) is 5.62. The monoisotopic (exact) mass is 471 g/mol. The van der Waals surface area contributed by atoms with Crippen LogP contribution in [0.1, 0.15) is 51.0 Å². The van der Waals surface area contributed by atoms with Gasteiger partial charge in [0.2, 0.25) is 0 Å². The fourth-order valence-corrected chi connectivity index (χ4v) is 6.21. The van der Waals surface area contributed by atoms with Crippen LogP contribution in [0.4, 0.5) is 8.78 Å². The summed E-state index contributed by atoms with van der Waals surface area (Å²) >= 11 is 0. The minimum absolute atomic E-state index is 0.0839. The van der Waals surface area contributed by atoms with Crippen LogP contribution < -0.4 is 4.74 Å². The zero-order valence-corrected chi connectivity index (χ0v) is 18.4. The number of halogens is 2. The topological polar surface area (TPSA) is 102 Å². The van der Waals surface area contributed by atoms with Crippen molar-refractivity contribution < 1.29 is 40.8 Å². The van der Waals surface area contributed by atoms with Crippen LogP contribution in [0.2, 0.25) is 0 Å². The molecule has 0 aromatic heterocycles. The highest BCUT2D eigenvalue weighted by molar-refractivity contribution is 7.87. The lowest BCUT2D eigenvalue weighted by Gasteiger charge is -2.61. The minimum Gasteiger partial charge on any atom is -0.743 e. The molecule has 4 aliphatic carbocycles. The molecule has 5 rings (SSSR count). The molecule has 10 heteroatoms. The maximum atomic E-state index is 13.8. The van der Waals surface area contributed by atoms with E-state index in [9.17, 15) is 26.5 Å². The summed E-state index contributed by atoms with van der Waals surface area (Å²) in [5, 5.41) is -5.13. The van der Waals surface area contributed by atoms with E-state index in [0.717, 1.165) is 12.0 Å². The van der Waals surface area contributed by atoms with E-state index in [1.807, 2.05) is 12.1 Å². The van der Waals surface area contributed by atoms with Crippen molar-refractivity contribution >= 4 is 22.2 Å². The molecule has 0 heterocycles. The summed E-state index contributed by atoms with van der Waals surface area (Å²) in [5.41, 5.74) is -1.08. The highest BCUT2D eigenvalue weighted by Gasteiger charge is 2.62. The first-order valence-corrected chi connectivity index (χ1v) is 11.9. The van der Waals surface area contributed by atoms with E-state index in [4.69, 9.17) is 14.2 Å². The van der Waals surface area contributed by atoms with E-state index in [-0.39, 0.29) is 18.3 Å². The third-order valence-electron chi connectivity index (χ3n) is 6.65. The predicted molar refractivity (Wildman–Crippen MR) is 109 cm³/mol. The summed E-state index contributed by atoms with van der Waals surface area (Å²) < 4.78 is 77.3. The molecule has 32 heavy (non-hydrogen) atoms. The number of alkyl halides is 2. The Morgan fingerprint density at radius 2 is 1.75 bits per heavy atom. The fourth-order valence-electron chi connectivity index (χ4n) is 5.96. The molecule has 4 saturated carbocycles. The first kappa shape index (κ1) is 23.1. The molecular weight excluding hydrogens is 446 g/mol. The van der Waals surface area contributed by atoms with Gasteiger partial charge < -0.3 is 18.8 Å². The highest BCUT2D eigenvalue weighted by atomic mass is 32.2. The van der Waals surface area contributed by atoms with Crippen molar-refractivity contribution in [2.24, 2.45) is 11.8 Å². The number of ether oxygens (including phenoxy) is 3. The van der Waals surface area contributed by atoms with E-state index >= 15 is 0 Å². The fraction of sp³-hybridized carbons (Fsp3) is 0.591. The quantitative estimate of drug-likeness (QED) is 0.322. The molecule has 0 saturated heterocycles. The van der Waals surface area contributed by atoms with Gasteiger partial charge in [-0.15, -0.1) is 0 Å². The molecule has 0 N–H and O–H groups in total. The van der Waals surface area contributed by atoms with Crippen LogP contribution in [0, 0.1) is 11.8 Å². The van der Waals surface area contributed by atoms with Gasteiger partial charge in [-0.25, -0.2) is 13.2 Å². The molecule has 176 valence electrons. The smallest absolute Gasteiger partial charge is 0.428 e. The summed E-state index contributed by atoms with van der Waals surface area (Å²) in [6.45, 7) is 5.43. The molecule has 0 aliphatic heterocycles. The van der Waals surface area contributed by atoms with Gasteiger partial charge in [0.1, 0.15) is 11.4 Å². The van der Waals surface area contributed by atoms with Gasteiger partial charge in [-0.2, -0.15) is 8.78 Å². The van der Waals surface area contributed by atoms with Crippen LogP contribution in [0.25, 0.3) is 6.08 Å². The van der Waals surface area contributed by atoms with Gasteiger partial charge in [0.15, 0.2) is 16.4 Å². The lowest BCUT2D eigenvalue weighted by Crippen LogP contribution is -2.63. The van der Waals surface area contributed by atoms with Gasteiger partial charge in [0.05, 0.1) is 5.60 Å². The van der Waals surface area contributed by atoms with Crippen LogP contribution >= 0.6 is 0 Å². The SMILES string of the molecule is C=Cc1ccc(OC(C)OC23CC4CC(CC(OC(=O)C(F)(F)S(=O)(=O)[O-])(C4)C2)C3)cc1. The van der Waals surface area contributed by atoms with E-state index in [0.29, 0.717) is 31.4 Å². The number of hydrogen-bond acceptors (Lipinski definition) is 7. The number of carbonyl (C=O) groups is 1. The second-order valence-corrected chi connectivity index (χ2v) is 10.7. The van der Waals surface area contributed by atoms with Crippen molar-refractivity contribution in [2.45, 2.75) is 68.2 Å². The molecule has 4 aliphatic rings. The van der Waals surface area contributed by atoms with Gasteiger partial charge >= 0.3 is 11.2 Å². The molecule has 7 nitrogen and oxygen atoms in total. The normalized spacial score (nSPS) is 32.4. The molecule has 4 fully saturated rings. The largest absolute Gasteiger partial charge is 0.743 e. The number of rotatable bonds is 8. The lowest BCUT2D eigenvalue weighted by molar-refractivity contribution is -0.268. The van der Waals surface area contributed by atoms with Crippen molar-refractivity contribution in [1.29, 1.82) is 0 Å². The second-order valence-electron chi connectivity index (χ2n) is 9.26. The Bertz CT molecular complexity index is 992. The molecule has 0 amide bonds. The van der Waals surface area contributed by atoms with Gasteiger partial charge in [-0.1, -0.05) is 24.8 Å². The molecule has 1 aromatic rings. The summed E-state index contributed by atoms with van der Waals surface area (Å²) in [6, 6.07) is 7.26. The van der Waals surface area contributed by atoms with Crippen molar-refractivity contribution in [3.8, 4) is 5.75 Å². The Morgan fingerprint density at radius 1 is 1.19 bits per heavy atom. The Labute approximate surface area is 185 Å². The average molecular weight is 471 g/mol. The molecule has 0 spiro atoms. The minimum atomic E-state index is -6.17. The summed E-state index contributed by atoms with van der Waals surface area (Å²) in [5.74, 6) is -1.55. The maximum Gasteiger partial charge on any atom is 0.428 e. The Balaban J connectivity index is 1.49. The first-order valence-electron chi connectivity index (χ1n) is 10.5. The van der Waals surface area contributed by atoms with E-state index in [1.165, 1.54) is 0 Å². The van der Waals surface area contributed by atoms with Crippen molar-refractivity contribution in [3.63, 3.8) is 0 Å². The number of hydrogen-bond donors (Lipinski definition) is 0. The van der Waals surface area contributed by atoms with Crippen molar-refractivity contribution in [2.75, 3.05) is 0 Å². The standard InChI is InChI=1S/C22H26F2O7S/c1-3-15-4-6-18(7-5-15)29-14(2)30-20-9-16-8-17(10-20)12-21(11-16,13-20)31-19(25)22(23,24)32(26,27)28/h3-7,14,16-17H,1,8-13H2,2H3,(H,26,27,28)/p-1. The molecule has 4 bridgehead atoms. The van der Waals surface area contributed by atoms with Crippen molar-refractivity contribution in [1.82, 2.24) is 0 Å². The van der Waals surface area contributed by atoms with E-state index in [1.54, 1.807) is 25.1 Å². The Morgan fingerprint density at radius 3 is 2.28 bits per heavy atom. The molecule has 3 atom stereocenters. The maximum absolute atomic E-state index is 13.8. The molecule has 1 aromatic carbocycles. The Hall–Kier alpha value is -2.04. The second kappa shape index (κ2) is 7.78. The molecular formula is C22H25F2O7S-. The predicted octanol–water partition coefficient (Wildman–Crippen LogP) is 3.84. The summed E-state index contributed by atoms with van der Waals surface area (Å²) in [4.78, 5) is 12.0. The third kappa shape index (κ3) is 4.27. The van der Waals surface area contributed by atoms with E-state index in [2.05, 4.69) is 6.58 Å². The van der Waals surface area contributed by atoms with Crippen LogP contribution in [0.5, 0.6) is 5.75 Å². The number of benzene rings is 1. The van der Waals surface area contributed by atoms with E-state index < -0.39 is 38.8 Å². The first-order chi connectivity index (χ1) is 14.9. The van der Waals surface area contributed by atoms with Gasteiger partial charge in [0, 0.05) is 6.42 Å². The van der Waals surface area contributed by atoms with Crippen LogP contribution in [0.3, 0.4) is 0 Å². The van der Waals surface area contributed by atoms with Gasteiger partial charge in [-0.3, -0.25) is 0 Å². The van der Waals surface area contributed by atoms with Crippen LogP contribution in [-0.4, -0.2) is 41.7 Å². The van der Waals surface area contributed by atoms with Gasteiger partial charge in [0.25, 0.3) is 0 Å². The van der Waals surface area contributed by atoms with Gasteiger partial charge in [-0.05, 0) is 68.6 Å². The average Bonchev–Trinajstić information content (AvgIpc) is 2.65. The molecule has 3 unspecified atom stereocenters. The lowest BCUT2D eigenvalue weighted by atomic mass is 9.52. The number of carbonyl (C=O) groups excluding carboxylic acids is 1. The van der Waals surface area contributed by atoms with Crippen LogP contribution in [-0.2, 0) is 24.4 Å². The van der Waals surface area contributed by atoms with Crippen LogP contribution in [0.15, 0.2) is 30.8 Å².